The number of likely N-dealkylation sites (tertiary alicyclic amines) is 1. The van der Waals surface area contributed by atoms with E-state index >= 15 is 0 Å². The van der Waals surface area contributed by atoms with Crippen LogP contribution in [0, 0.1) is 0 Å². The molecule has 2 N–H and O–H groups in total. The highest BCUT2D eigenvalue weighted by molar-refractivity contribution is 4.82. The number of piperidine rings is 1. The van der Waals surface area contributed by atoms with E-state index in [9.17, 15) is 0 Å². The van der Waals surface area contributed by atoms with Gasteiger partial charge in [-0.15, -0.1) is 0 Å². The topological polar surface area (TPSA) is 38.7 Å². The van der Waals surface area contributed by atoms with E-state index in [-0.39, 0.29) is 0 Å². The number of nitrogens with one attached hydrogen (secondary N) is 1. The average Bonchev–Trinajstić information content (AvgIpc) is 2.38. The van der Waals surface area contributed by atoms with Crippen molar-refractivity contribution in [3.63, 3.8) is 0 Å². The molecule has 0 unspecified atom stereocenters. The van der Waals surface area contributed by atoms with Crippen molar-refractivity contribution >= 4 is 0 Å². The zero-order valence-electron chi connectivity index (χ0n) is 10.2. The predicted molar refractivity (Wildman–Crippen MR) is 65.6 cm³/mol. The maximum Gasteiger partial charge on any atom is 0.0443 e. The molecule has 0 saturated carbocycles. The highest BCUT2D eigenvalue weighted by atomic mass is 16.3. The van der Waals surface area contributed by atoms with E-state index in [0.29, 0.717) is 6.61 Å². The van der Waals surface area contributed by atoms with Gasteiger partial charge >= 0.3 is 0 Å². The van der Waals surface area contributed by atoms with Gasteiger partial charge in [0.25, 0.3) is 0 Å². The maximum absolute atomic E-state index is 8.81. The second-order valence-electron chi connectivity index (χ2n) is 4.94. The van der Waals surface area contributed by atoms with Crippen molar-refractivity contribution in [3.8, 4) is 0 Å². The van der Waals surface area contributed by atoms with Crippen molar-refractivity contribution in [2.75, 3.05) is 52.4 Å². The zero-order valence-corrected chi connectivity index (χ0v) is 10.2. The molecule has 0 aliphatic carbocycles. The van der Waals surface area contributed by atoms with Crippen molar-refractivity contribution < 1.29 is 5.11 Å². The molecule has 0 aromatic rings. The molecule has 2 heterocycles. The first-order valence-electron chi connectivity index (χ1n) is 6.68. The molecule has 4 nitrogen and oxygen atoms in total. The standard InChI is InChI=1S/C12H25N3O/c16-11-1-6-14-7-2-12(3-8-14)15-9-4-13-5-10-15/h12-13,16H,1-11H2. The van der Waals surface area contributed by atoms with E-state index in [1.807, 2.05) is 0 Å². The molecule has 2 aliphatic rings. The van der Waals surface area contributed by atoms with Crippen molar-refractivity contribution in [1.82, 2.24) is 15.1 Å². The summed E-state index contributed by atoms with van der Waals surface area (Å²) in [5.41, 5.74) is 0. The molecule has 0 aromatic carbocycles. The largest absolute Gasteiger partial charge is 0.396 e. The van der Waals surface area contributed by atoms with Crippen LogP contribution in [0.15, 0.2) is 0 Å². The van der Waals surface area contributed by atoms with Gasteiger partial charge in [-0.2, -0.15) is 0 Å². The number of aliphatic hydroxyl groups excluding tert-OH is 1. The van der Waals surface area contributed by atoms with E-state index in [0.717, 1.165) is 32.1 Å². The molecule has 0 aromatic heterocycles. The van der Waals surface area contributed by atoms with E-state index in [1.54, 1.807) is 0 Å². The van der Waals surface area contributed by atoms with Crippen LogP contribution in [0.4, 0.5) is 0 Å². The first-order chi connectivity index (χ1) is 7.90. The summed E-state index contributed by atoms with van der Waals surface area (Å²) in [7, 11) is 0. The van der Waals surface area contributed by atoms with Crippen LogP contribution in [0.25, 0.3) is 0 Å². The molecular weight excluding hydrogens is 202 g/mol. The Bertz CT molecular complexity index is 187. The highest BCUT2D eigenvalue weighted by Crippen LogP contribution is 2.16. The van der Waals surface area contributed by atoms with Gasteiger partial charge in [0.2, 0.25) is 0 Å². The van der Waals surface area contributed by atoms with Crippen LogP contribution in [0.3, 0.4) is 0 Å². The molecule has 0 spiro atoms. The zero-order chi connectivity index (χ0) is 11.2. The first-order valence-corrected chi connectivity index (χ1v) is 6.68. The quantitative estimate of drug-likeness (QED) is 0.694. The van der Waals surface area contributed by atoms with Crippen LogP contribution < -0.4 is 5.32 Å². The Morgan fingerprint density at radius 2 is 1.75 bits per heavy atom. The normalized spacial score (nSPS) is 26.1. The second kappa shape index (κ2) is 6.55. The van der Waals surface area contributed by atoms with Crippen LogP contribution in [0.1, 0.15) is 19.3 Å². The van der Waals surface area contributed by atoms with Gasteiger partial charge in [-0.3, -0.25) is 4.90 Å². The third kappa shape index (κ3) is 3.42. The Hall–Kier alpha value is -0.160. The molecule has 16 heavy (non-hydrogen) atoms. The first kappa shape index (κ1) is 12.3. The summed E-state index contributed by atoms with van der Waals surface area (Å²) < 4.78 is 0. The summed E-state index contributed by atoms with van der Waals surface area (Å²) in [4.78, 5) is 5.15. The van der Waals surface area contributed by atoms with Gasteiger partial charge in [0.1, 0.15) is 0 Å². The highest BCUT2D eigenvalue weighted by Gasteiger charge is 2.24. The molecule has 2 saturated heterocycles. The van der Waals surface area contributed by atoms with Crippen LogP contribution in [-0.4, -0.2) is 73.4 Å². The molecule has 0 atom stereocenters. The lowest BCUT2D eigenvalue weighted by atomic mass is 10.0. The molecular formula is C12H25N3O. The molecule has 0 radical (unpaired) electrons. The van der Waals surface area contributed by atoms with Crippen LogP contribution in [0.5, 0.6) is 0 Å². The van der Waals surface area contributed by atoms with Gasteiger partial charge in [-0.25, -0.2) is 0 Å². The molecule has 4 heteroatoms. The van der Waals surface area contributed by atoms with Crippen LogP contribution in [0.2, 0.25) is 0 Å². The summed E-state index contributed by atoms with van der Waals surface area (Å²) in [5, 5.41) is 12.2. The Morgan fingerprint density at radius 3 is 2.38 bits per heavy atom. The van der Waals surface area contributed by atoms with Gasteiger partial charge in [0.15, 0.2) is 0 Å². The van der Waals surface area contributed by atoms with Crippen molar-refractivity contribution in [1.29, 1.82) is 0 Å². The Morgan fingerprint density at radius 1 is 1.06 bits per heavy atom. The Labute approximate surface area is 98.6 Å². The minimum Gasteiger partial charge on any atom is -0.396 e. The van der Waals surface area contributed by atoms with Gasteiger partial charge in [-0.05, 0) is 32.4 Å². The lowest BCUT2D eigenvalue weighted by Crippen LogP contribution is -2.52. The molecule has 2 fully saturated rings. The van der Waals surface area contributed by atoms with Crippen LogP contribution in [-0.2, 0) is 0 Å². The smallest absolute Gasteiger partial charge is 0.0443 e. The summed E-state index contributed by atoms with van der Waals surface area (Å²) in [6, 6.07) is 0.812. The molecule has 2 aliphatic heterocycles. The van der Waals surface area contributed by atoms with Gasteiger partial charge in [-0.1, -0.05) is 0 Å². The number of hydrogen-bond donors (Lipinski definition) is 2. The minimum absolute atomic E-state index is 0.331. The van der Waals surface area contributed by atoms with Crippen molar-refractivity contribution in [2.45, 2.75) is 25.3 Å². The van der Waals surface area contributed by atoms with Gasteiger partial charge in [0.05, 0.1) is 0 Å². The van der Waals surface area contributed by atoms with E-state index in [4.69, 9.17) is 5.11 Å². The fourth-order valence-electron chi connectivity index (χ4n) is 2.85. The summed E-state index contributed by atoms with van der Waals surface area (Å²) in [5.74, 6) is 0. The lowest BCUT2D eigenvalue weighted by Gasteiger charge is -2.40. The Balaban J connectivity index is 1.67. The average molecular weight is 227 g/mol. The third-order valence-electron chi connectivity index (χ3n) is 3.86. The van der Waals surface area contributed by atoms with Gasteiger partial charge < -0.3 is 15.3 Å². The summed E-state index contributed by atoms with van der Waals surface area (Å²) >= 11 is 0. The summed E-state index contributed by atoms with van der Waals surface area (Å²) in [6.07, 6.45) is 3.55. The van der Waals surface area contributed by atoms with Crippen molar-refractivity contribution in [2.24, 2.45) is 0 Å². The van der Waals surface area contributed by atoms with E-state index in [1.165, 1.54) is 39.0 Å². The monoisotopic (exact) mass is 227 g/mol. The molecule has 0 amide bonds. The Kier molecular flexibility index (Phi) is 5.03. The fourth-order valence-corrected chi connectivity index (χ4v) is 2.85. The molecule has 0 bridgehead atoms. The number of nitrogens with zero attached hydrogens (tertiary/aromatic N) is 2. The number of hydrogen-bond acceptors (Lipinski definition) is 4. The second-order valence-corrected chi connectivity index (χ2v) is 4.94. The SMILES string of the molecule is OCCCN1CCC(N2CCNCC2)CC1. The fraction of sp³-hybridized carbons (Fsp3) is 1.00. The van der Waals surface area contributed by atoms with Crippen LogP contribution >= 0.6 is 0 Å². The third-order valence-corrected chi connectivity index (χ3v) is 3.86. The number of rotatable bonds is 4. The molecule has 2 rings (SSSR count). The summed E-state index contributed by atoms with van der Waals surface area (Å²) in [6.45, 7) is 8.60. The van der Waals surface area contributed by atoms with E-state index in [2.05, 4.69) is 15.1 Å². The predicted octanol–water partition coefficient (Wildman–Crippen LogP) is -0.262. The van der Waals surface area contributed by atoms with E-state index < -0.39 is 0 Å². The van der Waals surface area contributed by atoms with Gasteiger partial charge in [0, 0.05) is 45.4 Å². The minimum atomic E-state index is 0.331. The lowest BCUT2D eigenvalue weighted by molar-refractivity contribution is 0.0944. The number of aliphatic hydroxyl groups is 1. The van der Waals surface area contributed by atoms with Crippen molar-refractivity contribution in [3.05, 3.63) is 0 Å². The maximum atomic E-state index is 8.81. The molecule has 94 valence electrons. The number of piperazine rings is 1.